The average molecular weight is 287 g/mol. The van der Waals surface area contributed by atoms with Gasteiger partial charge in [-0.05, 0) is 13.8 Å². The Morgan fingerprint density at radius 1 is 1.25 bits per heavy atom. The quantitative estimate of drug-likeness (QED) is 0.155. The van der Waals surface area contributed by atoms with E-state index in [2.05, 4.69) is 10.5 Å². The Hall–Kier alpha value is -2.25. The SMILES string of the molecule is CCOC(=O)C(/C(N)=N/NC(=O)C(C)C)=C(/O)OCC. The average Bonchev–Trinajstić information content (AvgIpc) is 2.36. The van der Waals surface area contributed by atoms with Gasteiger partial charge in [-0.15, -0.1) is 0 Å². The Kier molecular flexibility index (Phi) is 7.80. The Labute approximate surface area is 117 Å². The molecule has 0 rings (SSSR count). The normalized spacial score (nSPS) is 12.8. The van der Waals surface area contributed by atoms with Crippen molar-refractivity contribution in [1.29, 1.82) is 0 Å². The molecule has 8 nitrogen and oxygen atoms in total. The fourth-order valence-corrected chi connectivity index (χ4v) is 1.01. The lowest BCUT2D eigenvalue weighted by molar-refractivity contribution is -0.138. The molecule has 0 aromatic carbocycles. The fraction of sp³-hybridized carbons (Fsp3) is 0.583. The molecular weight excluding hydrogens is 266 g/mol. The first-order valence-corrected chi connectivity index (χ1v) is 6.21. The lowest BCUT2D eigenvalue weighted by atomic mass is 10.2. The molecule has 0 aliphatic carbocycles. The zero-order valence-corrected chi connectivity index (χ0v) is 12.1. The van der Waals surface area contributed by atoms with E-state index in [1.54, 1.807) is 27.7 Å². The van der Waals surface area contributed by atoms with E-state index in [4.69, 9.17) is 15.2 Å². The number of carbonyl (C=O) groups excluding carboxylic acids is 2. The molecule has 0 saturated carbocycles. The number of carbonyl (C=O) groups is 2. The molecule has 0 heterocycles. The van der Waals surface area contributed by atoms with Crippen molar-refractivity contribution >= 4 is 17.7 Å². The highest BCUT2D eigenvalue weighted by Crippen LogP contribution is 2.06. The van der Waals surface area contributed by atoms with Crippen molar-refractivity contribution in [2.75, 3.05) is 13.2 Å². The van der Waals surface area contributed by atoms with Crippen molar-refractivity contribution in [3.8, 4) is 0 Å². The number of nitrogens with two attached hydrogens (primary N) is 1. The maximum atomic E-state index is 11.7. The van der Waals surface area contributed by atoms with Crippen LogP contribution < -0.4 is 11.2 Å². The molecule has 0 aromatic heterocycles. The molecule has 4 N–H and O–H groups in total. The Bertz CT molecular complexity index is 415. The lowest BCUT2D eigenvalue weighted by Crippen LogP contribution is -2.31. The van der Waals surface area contributed by atoms with Gasteiger partial charge in [-0.3, -0.25) is 4.79 Å². The molecule has 0 atom stereocenters. The second-order valence-electron chi connectivity index (χ2n) is 3.96. The third-order valence-corrected chi connectivity index (χ3v) is 2.04. The zero-order chi connectivity index (χ0) is 15.7. The minimum Gasteiger partial charge on any atom is -0.480 e. The van der Waals surface area contributed by atoms with Crippen molar-refractivity contribution in [1.82, 2.24) is 5.43 Å². The molecule has 0 saturated heterocycles. The number of hydrogen-bond donors (Lipinski definition) is 3. The van der Waals surface area contributed by atoms with Crippen molar-refractivity contribution in [2.24, 2.45) is 16.8 Å². The monoisotopic (exact) mass is 287 g/mol. The summed E-state index contributed by atoms with van der Waals surface area (Å²) in [5, 5.41) is 13.2. The highest BCUT2D eigenvalue weighted by molar-refractivity contribution is 6.18. The summed E-state index contributed by atoms with van der Waals surface area (Å²) in [6.45, 7) is 6.77. The summed E-state index contributed by atoms with van der Waals surface area (Å²) in [4.78, 5) is 23.0. The number of amides is 1. The van der Waals surface area contributed by atoms with Crippen LogP contribution in [-0.4, -0.2) is 36.0 Å². The van der Waals surface area contributed by atoms with Gasteiger partial charge < -0.3 is 20.3 Å². The van der Waals surface area contributed by atoms with Crippen LogP contribution in [0.2, 0.25) is 0 Å². The molecular formula is C12H21N3O5. The van der Waals surface area contributed by atoms with E-state index in [1.807, 2.05) is 0 Å². The van der Waals surface area contributed by atoms with E-state index in [0.29, 0.717) is 0 Å². The second kappa shape index (κ2) is 8.78. The predicted molar refractivity (Wildman–Crippen MR) is 72.5 cm³/mol. The molecule has 1 amide bonds. The fourth-order valence-electron chi connectivity index (χ4n) is 1.01. The van der Waals surface area contributed by atoms with Crippen LogP contribution in [0.1, 0.15) is 27.7 Å². The molecule has 0 aromatic rings. The van der Waals surface area contributed by atoms with Crippen LogP contribution in [0.15, 0.2) is 16.6 Å². The summed E-state index contributed by atoms with van der Waals surface area (Å²) in [7, 11) is 0. The van der Waals surface area contributed by atoms with Crippen molar-refractivity contribution in [3.05, 3.63) is 11.5 Å². The number of hydrogen-bond acceptors (Lipinski definition) is 6. The number of aliphatic hydroxyl groups excluding tert-OH is 1. The van der Waals surface area contributed by atoms with Crippen molar-refractivity contribution < 1.29 is 24.2 Å². The standard InChI is InChI=1S/C12H21N3O5/c1-5-19-11(17)8(12(18)20-6-2)9(13)14-15-10(16)7(3)4/h7,17H,5-6H2,1-4H3,(H2,13,14)(H,15,16)/b11-8-. The molecule has 0 aliphatic rings. The van der Waals surface area contributed by atoms with Crippen LogP contribution in [0.25, 0.3) is 0 Å². The summed E-state index contributed by atoms with van der Waals surface area (Å²) >= 11 is 0. The van der Waals surface area contributed by atoms with E-state index in [-0.39, 0.29) is 25.0 Å². The third-order valence-electron chi connectivity index (χ3n) is 2.04. The van der Waals surface area contributed by atoms with Gasteiger partial charge in [-0.2, -0.15) is 5.10 Å². The Morgan fingerprint density at radius 3 is 2.25 bits per heavy atom. The number of ether oxygens (including phenoxy) is 2. The predicted octanol–water partition coefficient (Wildman–Crippen LogP) is 0.400. The number of nitrogens with zero attached hydrogens (tertiary/aromatic N) is 1. The number of amidine groups is 1. The highest BCUT2D eigenvalue weighted by atomic mass is 16.6. The van der Waals surface area contributed by atoms with Crippen LogP contribution in [0.5, 0.6) is 0 Å². The van der Waals surface area contributed by atoms with Gasteiger partial charge >= 0.3 is 5.97 Å². The van der Waals surface area contributed by atoms with Crippen LogP contribution in [0.4, 0.5) is 0 Å². The molecule has 8 heteroatoms. The van der Waals surface area contributed by atoms with Crippen LogP contribution in [0, 0.1) is 5.92 Å². The van der Waals surface area contributed by atoms with E-state index in [9.17, 15) is 14.7 Å². The summed E-state index contributed by atoms with van der Waals surface area (Å²) in [5.74, 6) is -2.68. The largest absolute Gasteiger partial charge is 0.480 e. The van der Waals surface area contributed by atoms with Crippen molar-refractivity contribution in [2.45, 2.75) is 27.7 Å². The first-order chi connectivity index (χ1) is 9.34. The first-order valence-electron chi connectivity index (χ1n) is 6.21. The highest BCUT2D eigenvalue weighted by Gasteiger charge is 2.23. The number of hydrazone groups is 1. The summed E-state index contributed by atoms with van der Waals surface area (Å²) in [6, 6.07) is 0. The van der Waals surface area contributed by atoms with Gasteiger partial charge in [-0.25, -0.2) is 10.2 Å². The molecule has 0 fully saturated rings. The number of aliphatic hydroxyl groups is 1. The summed E-state index contributed by atoms with van der Waals surface area (Å²) < 4.78 is 9.54. The topological polar surface area (TPSA) is 123 Å². The van der Waals surface area contributed by atoms with Crippen molar-refractivity contribution in [3.63, 3.8) is 0 Å². The molecule has 114 valence electrons. The third kappa shape index (κ3) is 5.59. The van der Waals surface area contributed by atoms with Gasteiger partial charge in [0.15, 0.2) is 11.4 Å². The molecule has 0 radical (unpaired) electrons. The van der Waals surface area contributed by atoms with Gasteiger partial charge in [0.1, 0.15) is 0 Å². The molecule has 0 spiro atoms. The summed E-state index contributed by atoms with van der Waals surface area (Å²) in [5.41, 5.74) is 7.30. The number of nitrogens with one attached hydrogen (secondary N) is 1. The van der Waals surface area contributed by atoms with E-state index in [1.165, 1.54) is 0 Å². The Balaban J connectivity index is 5.22. The zero-order valence-electron chi connectivity index (χ0n) is 12.1. The van der Waals surface area contributed by atoms with Crippen LogP contribution in [-0.2, 0) is 19.1 Å². The van der Waals surface area contributed by atoms with E-state index >= 15 is 0 Å². The molecule has 0 aliphatic heterocycles. The van der Waals surface area contributed by atoms with Gasteiger partial charge in [0.05, 0.1) is 13.2 Å². The Morgan fingerprint density at radius 2 is 1.80 bits per heavy atom. The lowest BCUT2D eigenvalue weighted by Gasteiger charge is -2.10. The number of esters is 1. The minimum atomic E-state index is -0.890. The summed E-state index contributed by atoms with van der Waals surface area (Å²) in [6.07, 6.45) is 0. The maximum absolute atomic E-state index is 11.7. The first kappa shape index (κ1) is 17.8. The minimum absolute atomic E-state index is 0.0906. The second-order valence-corrected chi connectivity index (χ2v) is 3.96. The van der Waals surface area contributed by atoms with Crippen LogP contribution >= 0.6 is 0 Å². The maximum Gasteiger partial charge on any atom is 0.349 e. The van der Waals surface area contributed by atoms with E-state index in [0.717, 1.165) is 0 Å². The molecule has 20 heavy (non-hydrogen) atoms. The van der Waals surface area contributed by atoms with Gasteiger partial charge in [0.2, 0.25) is 5.91 Å². The van der Waals surface area contributed by atoms with Gasteiger partial charge in [0, 0.05) is 5.92 Å². The van der Waals surface area contributed by atoms with Crippen LogP contribution in [0.3, 0.4) is 0 Å². The molecule has 0 unspecified atom stereocenters. The van der Waals surface area contributed by atoms with Gasteiger partial charge in [0.25, 0.3) is 5.95 Å². The smallest absolute Gasteiger partial charge is 0.349 e. The molecule has 0 bridgehead atoms. The number of rotatable bonds is 7. The van der Waals surface area contributed by atoms with Gasteiger partial charge in [-0.1, -0.05) is 13.8 Å². The van der Waals surface area contributed by atoms with E-state index < -0.39 is 23.3 Å².